The minimum Gasteiger partial charge on any atom is -0.396 e. The highest BCUT2D eigenvalue weighted by atomic mass is 16.3. The maximum Gasteiger partial charge on any atom is 0.242 e. The molecule has 1 amide bonds. The van der Waals surface area contributed by atoms with E-state index in [1.807, 2.05) is 6.92 Å². The predicted molar refractivity (Wildman–Crippen MR) is 53.7 cm³/mol. The maximum atomic E-state index is 11.4. The number of amides is 1. The zero-order chi connectivity index (χ0) is 11.3. The van der Waals surface area contributed by atoms with Gasteiger partial charge in [-0.25, -0.2) is 9.67 Å². The van der Waals surface area contributed by atoms with Gasteiger partial charge in [-0.2, -0.15) is 0 Å². The minimum atomic E-state index is -0.180. The van der Waals surface area contributed by atoms with Crippen LogP contribution in [0.5, 0.6) is 0 Å². The van der Waals surface area contributed by atoms with E-state index >= 15 is 0 Å². The molecule has 1 unspecified atom stereocenters. The fraction of sp³-hybridized carbons (Fsp3) is 0.625. The quantitative estimate of drug-likeness (QED) is 0.566. The standard InChI is InChI=1S/C8H15N5O2/c1-6(2-3-14)11-7(15)4-13-5-10-8(9)12-13/h5-6,14H,2-4H2,1H3,(H2,9,12)(H,11,15). The van der Waals surface area contributed by atoms with Crippen molar-refractivity contribution in [2.75, 3.05) is 12.3 Å². The number of nitrogens with zero attached hydrogens (tertiary/aromatic N) is 3. The number of hydrogen-bond donors (Lipinski definition) is 3. The van der Waals surface area contributed by atoms with Crippen molar-refractivity contribution in [3.05, 3.63) is 6.33 Å². The third kappa shape index (κ3) is 3.94. The van der Waals surface area contributed by atoms with Gasteiger partial charge in [-0.15, -0.1) is 5.10 Å². The summed E-state index contributed by atoms with van der Waals surface area (Å²) in [5.74, 6) is -0.0351. The van der Waals surface area contributed by atoms with Gasteiger partial charge in [0.2, 0.25) is 11.9 Å². The second-order valence-corrected chi connectivity index (χ2v) is 3.28. The third-order valence-corrected chi connectivity index (χ3v) is 1.83. The van der Waals surface area contributed by atoms with E-state index in [4.69, 9.17) is 10.8 Å². The smallest absolute Gasteiger partial charge is 0.242 e. The Morgan fingerprint density at radius 3 is 3.07 bits per heavy atom. The van der Waals surface area contributed by atoms with Crippen LogP contribution >= 0.6 is 0 Å². The molecule has 1 atom stereocenters. The van der Waals surface area contributed by atoms with Gasteiger partial charge in [-0.05, 0) is 13.3 Å². The summed E-state index contributed by atoms with van der Waals surface area (Å²) in [5.41, 5.74) is 5.30. The van der Waals surface area contributed by atoms with Crippen LogP contribution in [0.2, 0.25) is 0 Å². The molecule has 0 fully saturated rings. The van der Waals surface area contributed by atoms with Gasteiger partial charge in [0, 0.05) is 12.6 Å². The topological polar surface area (TPSA) is 106 Å². The van der Waals surface area contributed by atoms with Crippen molar-refractivity contribution in [1.29, 1.82) is 0 Å². The van der Waals surface area contributed by atoms with Crippen LogP contribution in [0.25, 0.3) is 0 Å². The largest absolute Gasteiger partial charge is 0.396 e. The molecule has 0 aliphatic heterocycles. The summed E-state index contributed by atoms with van der Waals surface area (Å²) >= 11 is 0. The van der Waals surface area contributed by atoms with Crippen LogP contribution in [0, 0.1) is 0 Å². The van der Waals surface area contributed by atoms with Gasteiger partial charge >= 0.3 is 0 Å². The van der Waals surface area contributed by atoms with E-state index in [2.05, 4.69) is 15.4 Å². The first kappa shape index (κ1) is 11.4. The Bertz CT molecular complexity index is 325. The highest BCUT2D eigenvalue weighted by Gasteiger charge is 2.08. The van der Waals surface area contributed by atoms with Crippen LogP contribution in [0.15, 0.2) is 6.33 Å². The number of nitrogen functional groups attached to an aromatic ring is 1. The second kappa shape index (κ2) is 5.30. The normalized spacial score (nSPS) is 12.4. The van der Waals surface area contributed by atoms with Crippen molar-refractivity contribution in [3.63, 3.8) is 0 Å². The second-order valence-electron chi connectivity index (χ2n) is 3.28. The Hall–Kier alpha value is -1.63. The van der Waals surface area contributed by atoms with Gasteiger partial charge in [-0.1, -0.05) is 0 Å². The molecule has 4 N–H and O–H groups in total. The maximum absolute atomic E-state index is 11.4. The molecule has 1 rings (SSSR count). The SMILES string of the molecule is CC(CCO)NC(=O)Cn1cnc(N)n1. The number of aliphatic hydroxyl groups excluding tert-OH is 1. The molecule has 0 bridgehead atoms. The number of nitrogens with two attached hydrogens (primary N) is 1. The average molecular weight is 213 g/mol. The molecule has 1 aromatic rings. The Morgan fingerprint density at radius 1 is 1.80 bits per heavy atom. The molecular formula is C8H15N5O2. The summed E-state index contributed by atoms with van der Waals surface area (Å²) < 4.78 is 1.36. The number of aromatic nitrogens is 3. The molecule has 0 spiro atoms. The molecule has 15 heavy (non-hydrogen) atoms. The average Bonchev–Trinajstić information content (AvgIpc) is 2.51. The van der Waals surface area contributed by atoms with E-state index in [0.29, 0.717) is 6.42 Å². The molecule has 7 nitrogen and oxygen atoms in total. The highest BCUT2D eigenvalue weighted by Crippen LogP contribution is 1.92. The number of nitrogens with one attached hydrogen (secondary N) is 1. The number of anilines is 1. The van der Waals surface area contributed by atoms with Gasteiger partial charge in [0.1, 0.15) is 12.9 Å². The van der Waals surface area contributed by atoms with Crippen molar-refractivity contribution < 1.29 is 9.90 Å². The van der Waals surface area contributed by atoms with E-state index in [-0.39, 0.29) is 31.0 Å². The molecule has 0 saturated carbocycles. The van der Waals surface area contributed by atoms with Crippen LogP contribution in [0.1, 0.15) is 13.3 Å². The molecule has 7 heteroatoms. The number of aliphatic hydroxyl groups is 1. The molecule has 0 aliphatic rings. The van der Waals surface area contributed by atoms with Crippen molar-refractivity contribution in [1.82, 2.24) is 20.1 Å². The number of hydrogen-bond acceptors (Lipinski definition) is 5. The van der Waals surface area contributed by atoms with Gasteiger partial charge in [-0.3, -0.25) is 4.79 Å². The summed E-state index contributed by atoms with van der Waals surface area (Å²) in [6.45, 7) is 1.96. The molecule has 1 heterocycles. The lowest BCUT2D eigenvalue weighted by molar-refractivity contribution is -0.122. The Morgan fingerprint density at radius 2 is 2.53 bits per heavy atom. The molecule has 0 saturated heterocycles. The predicted octanol–water partition coefficient (Wildman–Crippen LogP) is -1.25. The zero-order valence-corrected chi connectivity index (χ0v) is 8.55. The fourth-order valence-corrected chi connectivity index (χ4v) is 1.12. The number of rotatable bonds is 5. The molecule has 1 aromatic heterocycles. The Labute approximate surface area is 87.3 Å². The van der Waals surface area contributed by atoms with E-state index < -0.39 is 0 Å². The van der Waals surface area contributed by atoms with Crippen molar-refractivity contribution in [2.45, 2.75) is 25.9 Å². The highest BCUT2D eigenvalue weighted by molar-refractivity contribution is 5.75. The molecule has 0 aromatic carbocycles. The monoisotopic (exact) mass is 213 g/mol. The van der Waals surface area contributed by atoms with Gasteiger partial charge in [0.05, 0.1) is 0 Å². The van der Waals surface area contributed by atoms with Crippen molar-refractivity contribution in [2.24, 2.45) is 0 Å². The minimum absolute atomic E-state index is 0.0524. The summed E-state index contributed by atoms with van der Waals surface area (Å²) in [7, 11) is 0. The van der Waals surface area contributed by atoms with Crippen LogP contribution < -0.4 is 11.1 Å². The van der Waals surface area contributed by atoms with E-state index in [0.717, 1.165) is 0 Å². The summed E-state index contributed by atoms with van der Waals surface area (Å²) in [6, 6.07) is -0.0524. The first-order chi connectivity index (χ1) is 7.11. The lowest BCUT2D eigenvalue weighted by atomic mass is 10.2. The van der Waals surface area contributed by atoms with Crippen LogP contribution in [-0.4, -0.2) is 38.4 Å². The van der Waals surface area contributed by atoms with Gasteiger partial charge < -0.3 is 16.2 Å². The molecule has 84 valence electrons. The van der Waals surface area contributed by atoms with Crippen molar-refractivity contribution in [3.8, 4) is 0 Å². The van der Waals surface area contributed by atoms with Crippen LogP contribution in [-0.2, 0) is 11.3 Å². The molecular weight excluding hydrogens is 198 g/mol. The first-order valence-corrected chi connectivity index (χ1v) is 4.67. The van der Waals surface area contributed by atoms with Crippen molar-refractivity contribution >= 4 is 11.9 Å². The summed E-state index contributed by atoms with van der Waals surface area (Å²) in [6.07, 6.45) is 1.93. The first-order valence-electron chi connectivity index (χ1n) is 4.67. The fourth-order valence-electron chi connectivity index (χ4n) is 1.12. The molecule has 0 aliphatic carbocycles. The Balaban J connectivity index is 2.36. The van der Waals surface area contributed by atoms with E-state index in [1.165, 1.54) is 11.0 Å². The lowest BCUT2D eigenvalue weighted by Gasteiger charge is -2.11. The summed E-state index contributed by atoms with van der Waals surface area (Å²) in [4.78, 5) is 15.1. The van der Waals surface area contributed by atoms with E-state index in [9.17, 15) is 4.79 Å². The van der Waals surface area contributed by atoms with Crippen LogP contribution in [0.4, 0.5) is 5.95 Å². The van der Waals surface area contributed by atoms with Gasteiger partial charge in [0.15, 0.2) is 0 Å². The Kier molecular flexibility index (Phi) is 4.04. The van der Waals surface area contributed by atoms with E-state index in [1.54, 1.807) is 0 Å². The van der Waals surface area contributed by atoms with Crippen LogP contribution in [0.3, 0.4) is 0 Å². The zero-order valence-electron chi connectivity index (χ0n) is 8.55. The third-order valence-electron chi connectivity index (χ3n) is 1.83. The number of carbonyl (C=O) groups is 1. The lowest BCUT2D eigenvalue weighted by Crippen LogP contribution is -2.35. The molecule has 0 radical (unpaired) electrons. The van der Waals surface area contributed by atoms with Gasteiger partial charge in [0.25, 0.3) is 0 Å². The summed E-state index contributed by atoms with van der Waals surface area (Å²) in [5, 5.41) is 15.1. The number of carbonyl (C=O) groups excluding carboxylic acids is 1.